The van der Waals surface area contributed by atoms with Crippen molar-refractivity contribution >= 4 is 36.4 Å². The Kier molecular flexibility index (Phi) is 10.2. The number of amides is 1. The van der Waals surface area contributed by atoms with E-state index in [9.17, 15) is 4.79 Å². The second kappa shape index (κ2) is 10.7. The fraction of sp³-hybridized carbons (Fsp3) is 0.562. The van der Waals surface area contributed by atoms with Crippen LogP contribution in [0.2, 0.25) is 0 Å². The zero-order valence-electron chi connectivity index (χ0n) is 13.7. The van der Waals surface area contributed by atoms with Crippen molar-refractivity contribution in [2.75, 3.05) is 32.6 Å². The lowest BCUT2D eigenvalue weighted by Gasteiger charge is -2.15. The Bertz CT molecular complexity index is 469. The number of hydrogen-bond acceptors (Lipinski definition) is 4. The quantitative estimate of drug-likeness (QED) is 0.814. The molecule has 0 aliphatic heterocycles. The van der Waals surface area contributed by atoms with Crippen LogP contribution in [0.15, 0.2) is 24.3 Å². The average Bonchev–Trinajstić information content (AvgIpc) is 2.87. The van der Waals surface area contributed by atoms with Crippen LogP contribution in [0.5, 0.6) is 5.75 Å². The molecule has 1 fully saturated rings. The Morgan fingerprint density at radius 1 is 1.26 bits per heavy atom. The molecule has 5 nitrogen and oxygen atoms in total. The van der Waals surface area contributed by atoms with Gasteiger partial charge in [0.25, 0.3) is 0 Å². The number of hydrogen-bond donors (Lipinski definition) is 2. The lowest BCUT2D eigenvalue weighted by atomic mass is 10.0. The molecule has 0 bridgehead atoms. The number of nitrogens with zero attached hydrogens (tertiary/aromatic N) is 1. The minimum atomic E-state index is -0.0546. The molecule has 1 amide bonds. The highest BCUT2D eigenvalue weighted by Gasteiger charge is 2.30. The highest BCUT2D eigenvalue weighted by Crippen LogP contribution is 2.25. The summed E-state index contributed by atoms with van der Waals surface area (Å²) in [5.41, 5.74) is 6.74. The topological polar surface area (TPSA) is 67.6 Å². The van der Waals surface area contributed by atoms with Crippen molar-refractivity contribution in [3.8, 4) is 5.75 Å². The predicted octanol–water partition coefficient (Wildman–Crippen LogP) is 2.54. The number of rotatable bonds is 6. The molecule has 0 radical (unpaired) electrons. The minimum absolute atomic E-state index is 0. The maximum atomic E-state index is 12.1. The molecule has 1 aromatic carbocycles. The van der Waals surface area contributed by atoms with E-state index < -0.39 is 0 Å². The third kappa shape index (κ3) is 6.96. The van der Waals surface area contributed by atoms with Crippen LogP contribution in [0.4, 0.5) is 5.69 Å². The summed E-state index contributed by atoms with van der Waals surface area (Å²) in [6.07, 6.45) is 2.87. The van der Waals surface area contributed by atoms with Crippen molar-refractivity contribution in [2.24, 2.45) is 11.7 Å². The molecule has 1 saturated carbocycles. The zero-order valence-corrected chi connectivity index (χ0v) is 15.3. The standard InChI is InChI=1S/C16H25N3O2.2ClH/c1-19(2)10-11-21-13-8-6-12(7-9-13)18-16(20)14-4-3-5-15(14)17;;/h6-9,14-15H,3-5,10-11,17H2,1-2H3,(H,18,20);2*1H. The summed E-state index contributed by atoms with van der Waals surface area (Å²) in [6.45, 7) is 1.52. The number of benzene rings is 1. The van der Waals surface area contributed by atoms with Crippen molar-refractivity contribution in [1.82, 2.24) is 4.90 Å². The molecule has 0 spiro atoms. The largest absolute Gasteiger partial charge is 0.492 e. The van der Waals surface area contributed by atoms with Gasteiger partial charge in [-0.3, -0.25) is 4.79 Å². The summed E-state index contributed by atoms with van der Waals surface area (Å²) >= 11 is 0. The second-order valence-corrected chi connectivity index (χ2v) is 5.87. The summed E-state index contributed by atoms with van der Waals surface area (Å²) in [4.78, 5) is 14.2. The van der Waals surface area contributed by atoms with Gasteiger partial charge in [0.15, 0.2) is 0 Å². The first-order valence-electron chi connectivity index (χ1n) is 7.50. The normalized spacial score (nSPS) is 19.7. The molecule has 1 aliphatic carbocycles. The highest BCUT2D eigenvalue weighted by molar-refractivity contribution is 5.93. The van der Waals surface area contributed by atoms with Crippen LogP contribution in [0.3, 0.4) is 0 Å². The number of carbonyl (C=O) groups excluding carboxylic acids is 1. The number of nitrogens with one attached hydrogen (secondary N) is 1. The summed E-state index contributed by atoms with van der Waals surface area (Å²) in [7, 11) is 4.02. The Hall–Kier alpha value is -1.01. The van der Waals surface area contributed by atoms with Crippen LogP contribution in [0, 0.1) is 5.92 Å². The molecule has 2 atom stereocenters. The van der Waals surface area contributed by atoms with Gasteiger partial charge in [-0.25, -0.2) is 0 Å². The van der Waals surface area contributed by atoms with E-state index in [1.54, 1.807) is 0 Å². The van der Waals surface area contributed by atoms with Crippen LogP contribution in [0.25, 0.3) is 0 Å². The molecule has 0 saturated heterocycles. The van der Waals surface area contributed by atoms with Gasteiger partial charge in [0.2, 0.25) is 5.91 Å². The Labute approximate surface area is 150 Å². The number of anilines is 1. The van der Waals surface area contributed by atoms with Gasteiger partial charge in [-0.15, -0.1) is 24.8 Å². The van der Waals surface area contributed by atoms with Gasteiger partial charge >= 0.3 is 0 Å². The number of likely N-dealkylation sites (N-methyl/N-ethyl adjacent to an activating group) is 1. The van der Waals surface area contributed by atoms with E-state index in [2.05, 4.69) is 10.2 Å². The number of nitrogens with two attached hydrogens (primary N) is 1. The molecule has 2 unspecified atom stereocenters. The van der Waals surface area contributed by atoms with Gasteiger partial charge in [-0.05, 0) is 51.2 Å². The first-order valence-corrected chi connectivity index (χ1v) is 7.50. The average molecular weight is 364 g/mol. The molecular weight excluding hydrogens is 337 g/mol. The Morgan fingerprint density at radius 2 is 1.91 bits per heavy atom. The fourth-order valence-electron chi connectivity index (χ4n) is 2.53. The summed E-state index contributed by atoms with van der Waals surface area (Å²) < 4.78 is 5.62. The first kappa shape index (κ1) is 22.0. The SMILES string of the molecule is CN(C)CCOc1ccc(NC(=O)C2CCCC2N)cc1.Cl.Cl. The van der Waals surface area contributed by atoms with Crippen molar-refractivity contribution in [1.29, 1.82) is 0 Å². The molecule has 23 heavy (non-hydrogen) atoms. The zero-order chi connectivity index (χ0) is 15.2. The molecule has 3 N–H and O–H groups in total. The van der Waals surface area contributed by atoms with Crippen molar-refractivity contribution in [3.63, 3.8) is 0 Å². The van der Waals surface area contributed by atoms with Gasteiger partial charge in [0, 0.05) is 18.3 Å². The summed E-state index contributed by atoms with van der Waals surface area (Å²) in [6, 6.07) is 7.48. The first-order chi connectivity index (χ1) is 10.1. The molecule has 7 heteroatoms. The molecule has 1 aliphatic rings. The summed E-state index contributed by atoms with van der Waals surface area (Å²) in [5.74, 6) is 0.787. The lowest BCUT2D eigenvalue weighted by Crippen LogP contribution is -2.34. The van der Waals surface area contributed by atoms with Crippen molar-refractivity contribution in [3.05, 3.63) is 24.3 Å². The van der Waals surface area contributed by atoms with E-state index in [0.29, 0.717) is 6.61 Å². The van der Waals surface area contributed by atoms with E-state index >= 15 is 0 Å². The second-order valence-electron chi connectivity index (χ2n) is 5.87. The van der Waals surface area contributed by atoms with Gasteiger partial charge in [0.1, 0.15) is 12.4 Å². The molecule has 132 valence electrons. The van der Waals surface area contributed by atoms with E-state index in [0.717, 1.165) is 37.2 Å². The van der Waals surface area contributed by atoms with Gasteiger partial charge < -0.3 is 20.7 Å². The monoisotopic (exact) mass is 363 g/mol. The van der Waals surface area contributed by atoms with Crippen LogP contribution >= 0.6 is 24.8 Å². The Morgan fingerprint density at radius 3 is 2.43 bits per heavy atom. The lowest BCUT2D eigenvalue weighted by molar-refractivity contribution is -0.120. The number of halogens is 2. The van der Waals surface area contributed by atoms with Crippen LogP contribution in [-0.2, 0) is 4.79 Å². The third-order valence-electron chi connectivity index (χ3n) is 3.84. The molecule has 0 heterocycles. The Balaban J connectivity index is 0.00000242. The van der Waals surface area contributed by atoms with Crippen LogP contribution in [0.1, 0.15) is 19.3 Å². The molecular formula is C16H27Cl2N3O2. The highest BCUT2D eigenvalue weighted by atomic mass is 35.5. The van der Waals surface area contributed by atoms with Crippen LogP contribution < -0.4 is 15.8 Å². The summed E-state index contributed by atoms with van der Waals surface area (Å²) in [5, 5.41) is 2.93. The number of carbonyl (C=O) groups is 1. The third-order valence-corrected chi connectivity index (χ3v) is 3.84. The maximum Gasteiger partial charge on any atom is 0.229 e. The van der Waals surface area contributed by atoms with E-state index in [1.165, 1.54) is 0 Å². The van der Waals surface area contributed by atoms with Crippen LogP contribution in [-0.4, -0.2) is 44.1 Å². The smallest absolute Gasteiger partial charge is 0.229 e. The molecule has 0 aromatic heterocycles. The number of ether oxygens (including phenoxy) is 1. The molecule has 2 rings (SSSR count). The van der Waals surface area contributed by atoms with E-state index in [-0.39, 0.29) is 42.7 Å². The fourth-order valence-corrected chi connectivity index (χ4v) is 2.53. The maximum absolute atomic E-state index is 12.1. The van der Waals surface area contributed by atoms with E-state index in [1.807, 2.05) is 38.4 Å². The van der Waals surface area contributed by atoms with Crippen molar-refractivity contribution < 1.29 is 9.53 Å². The minimum Gasteiger partial charge on any atom is -0.492 e. The predicted molar refractivity (Wildman–Crippen MR) is 98.9 cm³/mol. The van der Waals surface area contributed by atoms with Gasteiger partial charge in [-0.2, -0.15) is 0 Å². The van der Waals surface area contributed by atoms with E-state index in [4.69, 9.17) is 10.5 Å². The van der Waals surface area contributed by atoms with Crippen molar-refractivity contribution in [2.45, 2.75) is 25.3 Å². The van der Waals surface area contributed by atoms with Gasteiger partial charge in [0.05, 0.1) is 5.92 Å². The van der Waals surface area contributed by atoms with Gasteiger partial charge in [-0.1, -0.05) is 6.42 Å². The molecule has 1 aromatic rings.